The van der Waals surface area contributed by atoms with Gasteiger partial charge < -0.3 is 10.4 Å². The fourth-order valence-electron chi connectivity index (χ4n) is 1.78. The number of hydrogen-bond acceptors (Lipinski definition) is 5. The maximum absolute atomic E-state index is 11.6. The first-order valence-corrected chi connectivity index (χ1v) is 6.42. The zero-order chi connectivity index (χ0) is 15.1. The van der Waals surface area contributed by atoms with E-state index in [4.69, 9.17) is 5.11 Å². The first-order valence-electron chi connectivity index (χ1n) is 6.42. The number of nitrogens with zero attached hydrogens (tertiary/aromatic N) is 4. The van der Waals surface area contributed by atoms with Gasteiger partial charge in [0.2, 0.25) is 5.91 Å². The second-order valence-electron chi connectivity index (χ2n) is 4.40. The van der Waals surface area contributed by atoms with E-state index in [1.165, 1.54) is 0 Å². The van der Waals surface area contributed by atoms with E-state index in [0.29, 0.717) is 12.4 Å². The molecule has 0 aliphatic heterocycles. The summed E-state index contributed by atoms with van der Waals surface area (Å²) in [4.78, 5) is 21.9. The molecule has 1 heterocycles. The molecule has 1 amide bonds. The Morgan fingerprint density at radius 1 is 1.24 bits per heavy atom. The number of aliphatic carboxylic acids is 1. The van der Waals surface area contributed by atoms with E-state index < -0.39 is 18.4 Å². The van der Waals surface area contributed by atoms with Gasteiger partial charge in [0.1, 0.15) is 6.54 Å². The fraction of sp³-hybridized carbons (Fsp3) is 0.308. The van der Waals surface area contributed by atoms with Gasteiger partial charge in [-0.1, -0.05) is 30.3 Å². The minimum atomic E-state index is -1.09. The number of aromatic nitrogens is 4. The number of carboxylic acids is 1. The predicted molar refractivity (Wildman–Crippen MR) is 72.3 cm³/mol. The van der Waals surface area contributed by atoms with Crippen molar-refractivity contribution in [2.45, 2.75) is 19.4 Å². The van der Waals surface area contributed by atoms with E-state index in [1.54, 1.807) is 4.68 Å². The van der Waals surface area contributed by atoms with E-state index in [0.717, 1.165) is 12.0 Å². The highest BCUT2D eigenvalue weighted by Gasteiger charge is 2.12. The number of carboxylic acid groups (broad SMARTS) is 1. The standard InChI is InChI=1S/C13H15N5O3/c19-12(14-9-13(20)21)8-11-15-16-17-18(11)7-6-10-4-2-1-3-5-10/h1-5H,6-9H2,(H,14,19)(H,20,21). The van der Waals surface area contributed by atoms with Crippen molar-refractivity contribution in [1.82, 2.24) is 25.5 Å². The van der Waals surface area contributed by atoms with Gasteiger partial charge in [0.05, 0.1) is 6.42 Å². The molecule has 2 rings (SSSR count). The average Bonchev–Trinajstić information content (AvgIpc) is 2.91. The Morgan fingerprint density at radius 2 is 2.00 bits per heavy atom. The number of carbonyl (C=O) groups excluding carboxylic acids is 1. The van der Waals surface area contributed by atoms with Crippen LogP contribution in [0.4, 0.5) is 0 Å². The van der Waals surface area contributed by atoms with E-state index in [-0.39, 0.29) is 6.42 Å². The van der Waals surface area contributed by atoms with E-state index in [1.807, 2.05) is 30.3 Å². The van der Waals surface area contributed by atoms with E-state index >= 15 is 0 Å². The molecule has 0 atom stereocenters. The van der Waals surface area contributed by atoms with Crippen LogP contribution in [0.25, 0.3) is 0 Å². The van der Waals surface area contributed by atoms with Crippen molar-refractivity contribution in [3.63, 3.8) is 0 Å². The number of rotatable bonds is 7. The Balaban J connectivity index is 1.89. The van der Waals surface area contributed by atoms with Crippen LogP contribution in [0.2, 0.25) is 0 Å². The van der Waals surface area contributed by atoms with Crippen LogP contribution < -0.4 is 5.32 Å². The molecule has 0 spiro atoms. The Labute approximate surface area is 120 Å². The molecule has 2 aromatic rings. The lowest BCUT2D eigenvalue weighted by atomic mass is 10.1. The third-order valence-electron chi connectivity index (χ3n) is 2.82. The third-order valence-corrected chi connectivity index (χ3v) is 2.82. The normalized spacial score (nSPS) is 10.3. The lowest BCUT2D eigenvalue weighted by Crippen LogP contribution is -2.31. The molecule has 0 fully saturated rings. The molecular weight excluding hydrogens is 274 g/mol. The van der Waals surface area contributed by atoms with E-state index in [2.05, 4.69) is 20.8 Å². The molecule has 0 saturated heterocycles. The van der Waals surface area contributed by atoms with Gasteiger partial charge in [-0.05, 0) is 22.4 Å². The first-order chi connectivity index (χ1) is 10.1. The number of nitrogens with one attached hydrogen (secondary N) is 1. The number of tetrazole rings is 1. The van der Waals surface area contributed by atoms with Gasteiger partial charge in [-0.25, -0.2) is 4.68 Å². The summed E-state index contributed by atoms with van der Waals surface area (Å²) in [5.41, 5.74) is 1.15. The van der Waals surface area contributed by atoms with Crippen LogP contribution in [0.3, 0.4) is 0 Å². The Kier molecular flexibility index (Phi) is 4.97. The summed E-state index contributed by atoms with van der Waals surface area (Å²) in [6.07, 6.45) is 0.699. The van der Waals surface area contributed by atoms with Gasteiger partial charge in [0.15, 0.2) is 5.82 Å². The number of hydrogen-bond donors (Lipinski definition) is 2. The van der Waals surface area contributed by atoms with Gasteiger partial charge in [-0.15, -0.1) is 5.10 Å². The highest BCUT2D eigenvalue weighted by atomic mass is 16.4. The van der Waals surface area contributed by atoms with Crippen molar-refractivity contribution in [3.8, 4) is 0 Å². The highest BCUT2D eigenvalue weighted by molar-refractivity contribution is 5.82. The summed E-state index contributed by atoms with van der Waals surface area (Å²) in [5, 5.41) is 21.9. The first kappa shape index (κ1) is 14.6. The van der Waals surface area contributed by atoms with Crippen molar-refractivity contribution in [1.29, 1.82) is 0 Å². The van der Waals surface area contributed by atoms with Gasteiger partial charge in [0, 0.05) is 6.54 Å². The number of aryl methyl sites for hydroxylation is 2. The molecule has 0 bridgehead atoms. The van der Waals surface area contributed by atoms with E-state index in [9.17, 15) is 9.59 Å². The minimum absolute atomic E-state index is 0.0466. The lowest BCUT2D eigenvalue weighted by molar-refractivity contribution is -0.137. The number of carbonyl (C=O) groups is 2. The second-order valence-corrected chi connectivity index (χ2v) is 4.40. The van der Waals surface area contributed by atoms with Crippen LogP contribution in [0.5, 0.6) is 0 Å². The topological polar surface area (TPSA) is 110 Å². The Morgan fingerprint density at radius 3 is 2.71 bits per heavy atom. The van der Waals surface area contributed by atoms with Gasteiger partial charge in [-0.3, -0.25) is 9.59 Å². The summed E-state index contributed by atoms with van der Waals surface area (Å²) < 4.78 is 1.55. The van der Waals surface area contributed by atoms with Crippen LogP contribution in [-0.2, 0) is 29.0 Å². The summed E-state index contributed by atoms with van der Waals surface area (Å²) in [6.45, 7) is 0.142. The van der Waals surface area contributed by atoms with Gasteiger partial charge in [-0.2, -0.15) is 0 Å². The molecule has 21 heavy (non-hydrogen) atoms. The summed E-state index contributed by atoms with van der Waals surface area (Å²) >= 11 is 0. The van der Waals surface area contributed by atoms with Crippen molar-refractivity contribution in [2.75, 3.05) is 6.54 Å². The van der Waals surface area contributed by atoms with Gasteiger partial charge in [0.25, 0.3) is 0 Å². The maximum atomic E-state index is 11.6. The van der Waals surface area contributed by atoms with Crippen LogP contribution in [0, 0.1) is 0 Å². The number of amides is 1. The summed E-state index contributed by atoms with van der Waals surface area (Å²) in [6, 6.07) is 9.86. The maximum Gasteiger partial charge on any atom is 0.322 e. The smallest absolute Gasteiger partial charge is 0.322 e. The summed E-state index contributed by atoms with van der Waals surface area (Å²) in [7, 11) is 0. The van der Waals surface area contributed by atoms with Crippen LogP contribution in [0.1, 0.15) is 11.4 Å². The molecule has 1 aromatic heterocycles. The SMILES string of the molecule is O=C(O)CNC(=O)Cc1nnnn1CCc1ccccc1. The highest BCUT2D eigenvalue weighted by Crippen LogP contribution is 2.02. The molecule has 8 nitrogen and oxygen atoms in total. The molecule has 0 aliphatic rings. The quantitative estimate of drug-likeness (QED) is 0.721. The molecule has 0 aliphatic carbocycles. The molecule has 0 radical (unpaired) electrons. The Hall–Kier alpha value is -2.77. The fourth-order valence-corrected chi connectivity index (χ4v) is 1.78. The third kappa shape index (κ3) is 4.68. The molecule has 0 unspecified atom stereocenters. The minimum Gasteiger partial charge on any atom is -0.480 e. The molecule has 0 saturated carbocycles. The molecule has 2 N–H and O–H groups in total. The second kappa shape index (κ2) is 7.13. The van der Waals surface area contributed by atoms with Crippen molar-refractivity contribution < 1.29 is 14.7 Å². The monoisotopic (exact) mass is 289 g/mol. The van der Waals surface area contributed by atoms with Crippen LogP contribution >= 0.6 is 0 Å². The summed E-state index contributed by atoms with van der Waals surface area (Å²) in [5.74, 6) is -1.10. The van der Waals surface area contributed by atoms with Crippen LogP contribution in [0.15, 0.2) is 30.3 Å². The molecular formula is C13H15N5O3. The average molecular weight is 289 g/mol. The lowest BCUT2D eigenvalue weighted by Gasteiger charge is -2.05. The zero-order valence-electron chi connectivity index (χ0n) is 11.3. The van der Waals surface area contributed by atoms with Crippen molar-refractivity contribution in [2.24, 2.45) is 0 Å². The van der Waals surface area contributed by atoms with Gasteiger partial charge >= 0.3 is 5.97 Å². The van der Waals surface area contributed by atoms with Crippen molar-refractivity contribution in [3.05, 3.63) is 41.7 Å². The molecule has 110 valence electrons. The predicted octanol–water partition coefficient (Wildman–Crippen LogP) is -0.341. The van der Waals surface area contributed by atoms with Crippen molar-refractivity contribution >= 4 is 11.9 Å². The Bertz CT molecular complexity index is 611. The molecule has 8 heteroatoms. The molecule has 1 aromatic carbocycles. The van der Waals surface area contributed by atoms with Crippen LogP contribution in [-0.4, -0.2) is 43.7 Å². The number of benzene rings is 1. The largest absolute Gasteiger partial charge is 0.480 e. The zero-order valence-corrected chi connectivity index (χ0v) is 11.3.